The van der Waals surface area contributed by atoms with E-state index >= 15 is 0 Å². The molecule has 3 amide bonds. The Kier molecular flexibility index (Phi) is 7.13. The van der Waals surface area contributed by atoms with E-state index in [1.54, 1.807) is 0 Å². The van der Waals surface area contributed by atoms with Gasteiger partial charge < -0.3 is 14.6 Å². The molecule has 2 aliphatic carbocycles. The third-order valence-electron chi connectivity index (χ3n) is 10.5. The largest absolute Gasteiger partial charge is 0.483 e. The molecule has 4 heterocycles. The van der Waals surface area contributed by atoms with Crippen LogP contribution < -0.4 is 14.5 Å². The van der Waals surface area contributed by atoms with Gasteiger partial charge >= 0.3 is 11.0 Å². The van der Waals surface area contributed by atoms with Gasteiger partial charge in [0.2, 0.25) is 11.8 Å². The first-order valence-electron chi connectivity index (χ1n) is 15.6. The molecule has 46 heavy (non-hydrogen) atoms. The Morgan fingerprint density at radius 1 is 0.957 bits per heavy atom. The summed E-state index contributed by atoms with van der Waals surface area (Å²) in [5.74, 6) is -2.63. The molecule has 8 rings (SSSR count). The highest BCUT2D eigenvalue weighted by Crippen LogP contribution is 2.69. The number of H-pyrrole nitrogens is 1. The Labute approximate surface area is 270 Å². The lowest BCUT2D eigenvalue weighted by Gasteiger charge is -2.43. The SMILES string of the molecule is O=C(COc1ccccc1[C@H]1c2sc(=O)[nH]c2SC2C3CC(C4C(=O)N(c5cccc(C(F)(F)F)c5)C(=O)C34)C21)N1CCCCC1. The number of halogens is 3. The standard InChI is InChI=1S/C33H30F3N3O5S2/c34-33(35,36)16-7-6-8-17(13-16)39-30(41)25-19-14-20(26(25)31(39)42)27-24(19)23(28-29(45-27)37-32(43)46-28)18-9-2-3-10-21(18)44-15-22(40)38-11-4-1-5-12-38/h2-3,6-10,13,19-20,23-27H,1,4-5,11-12,14-15H2,(H,37,43)/t19?,20?,23-,24?,25?,26?,27?/m1/s1. The number of anilines is 1. The van der Waals surface area contributed by atoms with Gasteiger partial charge in [-0.3, -0.25) is 24.1 Å². The highest BCUT2D eigenvalue weighted by atomic mass is 32.2. The minimum Gasteiger partial charge on any atom is -0.483 e. The van der Waals surface area contributed by atoms with Crippen LogP contribution in [0.15, 0.2) is 58.4 Å². The molecule has 8 nitrogen and oxygen atoms in total. The van der Waals surface area contributed by atoms with Crippen LogP contribution in [0.3, 0.4) is 0 Å². The second-order valence-corrected chi connectivity index (χ2v) is 15.0. The third kappa shape index (κ3) is 4.63. The number of aromatic amines is 1. The van der Waals surface area contributed by atoms with Crippen molar-refractivity contribution >= 4 is 46.5 Å². The number of nitrogens with zero attached hydrogens (tertiary/aromatic N) is 2. The van der Waals surface area contributed by atoms with Crippen LogP contribution in [-0.4, -0.2) is 52.6 Å². The lowest BCUT2D eigenvalue weighted by molar-refractivity contribution is -0.137. The first-order chi connectivity index (χ1) is 22.1. The van der Waals surface area contributed by atoms with E-state index in [0.29, 0.717) is 25.3 Å². The maximum absolute atomic E-state index is 14.0. The number of thioether (sulfide) groups is 1. The zero-order valence-corrected chi connectivity index (χ0v) is 26.1. The van der Waals surface area contributed by atoms with E-state index in [0.717, 1.165) is 63.1 Å². The second kappa shape index (κ2) is 11.0. The van der Waals surface area contributed by atoms with Gasteiger partial charge in [-0.2, -0.15) is 13.2 Å². The predicted molar refractivity (Wildman–Crippen MR) is 165 cm³/mol. The Balaban J connectivity index is 1.14. The third-order valence-corrected chi connectivity index (χ3v) is 13.1. The number of rotatable bonds is 5. The first-order valence-corrected chi connectivity index (χ1v) is 17.3. The summed E-state index contributed by atoms with van der Waals surface area (Å²) in [6.45, 7) is 1.31. The van der Waals surface area contributed by atoms with Crippen molar-refractivity contribution in [3.8, 4) is 5.75 Å². The number of nitrogens with one attached hydrogen (secondary N) is 1. The fraction of sp³-hybridized carbons (Fsp3) is 0.455. The molecule has 2 bridgehead atoms. The molecule has 7 atom stereocenters. The van der Waals surface area contributed by atoms with Crippen molar-refractivity contribution in [2.45, 2.75) is 48.1 Å². The van der Waals surface area contributed by atoms with Gasteiger partial charge in [-0.25, -0.2) is 0 Å². The fourth-order valence-electron chi connectivity index (χ4n) is 8.68. The molecule has 3 aromatic rings. The minimum absolute atomic E-state index is 0.0636. The van der Waals surface area contributed by atoms with Gasteiger partial charge in [0.25, 0.3) is 5.91 Å². The molecule has 0 spiro atoms. The summed E-state index contributed by atoms with van der Waals surface area (Å²) in [6.07, 6.45) is -0.933. The molecule has 2 aromatic carbocycles. The monoisotopic (exact) mass is 669 g/mol. The first kappa shape index (κ1) is 29.8. The van der Waals surface area contributed by atoms with E-state index in [9.17, 15) is 32.3 Å². The number of aromatic nitrogens is 1. The quantitative estimate of drug-likeness (QED) is 0.359. The van der Waals surface area contributed by atoms with Gasteiger partial charge in [0.1, 0.15) is 5.75 Å². The van der Waals surface area contributed by atoms with Crippen molar-refractivity contribution < 1.29 is 32.3 Å². The van der Waals surface area contributed by atoms with Gasteiger partial charge in [-0.15, -0.1) is 11.8 Å². The van der Waals surface area contributed by atoms with Crippen LogP contribution in [0.4, 0.5) is 18.9 Å². The van der Waals surface area contributed by atoms with Gasteiger partial charge in [-0.05, 0) is 67.7 Å². The van der Waals surface area contributed by atoms with Gasteiger partial charge in [-0.1, -0.05) is 35.6 Å². The summed E-state index contributed by atoms with van der Waals surface area (Å²) >= 11 is 2.65. The number of ether oxygens (including phenoxy) is 1. The van der Waals surface area contributed by atoms with Crippen LogP contribution in [0.1, 0.15) is 47.6 Å². The number of carbonyl (C=O) groups is 3. The summed E-state index contributed by atoms with van der Waals surface area (Å²) in [5.41, 5.74) is -0.165. The highest BCUT2D eigenvalue weighted by molar-refractivity contribution is 8.00. The summed E-state index contributed by atoms with van der Waals surface area (Å²) in [7, 11) is 0. The molecular weight excluding hydrogens is 640 g/mol. The predicted octanol–water partition coefficient (Wildman–Crippen LogP) is 5.52. The number of thiazole rings is 1. The summed E-state index contributed by atoms with van der Waals surface area (Å²) in [6, 6.07) is 11.9. The molecule has 1 N–H and O–H groups in total. The maximum Gasteiger partial charge on any atom is 0.416 e. The normalized spacial score (nSPS) is 29.9. The molecule has 240 valence electrons. The lowest BCUT2D eigenvalue weighted by Crippen LogP contribution is -2.43. The van der Waals surface area contributed by atoms with Crippen LogP contribution in [-0.2, 0) is 20.6 Å². The number of benzene rings is 2. The van der Waals surface area contributed by atoms with Crippen LogP contribution in [0.2, 0.25) is 0 Å². The van der Waals surface area contributed by atoms with Gasteiger partial charge in [0, 0.05) is 34.7 Å². The molecule has 0 radical (unpaired) electrons. The van der Waals surface area contributed by atoms with Crippen LogP contribution in [0, 0.1) is 29.6 Å². The number of amides is 3. The number of imide groups is 1. The number of hydrogen-bond donors (Lipinski definition) is 1. The molecule has 6 unspecified atom stereocenters. The zero-order valence-electron chi connectivity index (χ0n) is 24.5. The Morgan fingerprint density at radius 3 is 2.46 bits per heavy atom. The highest BCUT2D eigenvalue weighted by Gasteiger charge is 2.70. The molecular formula is C33H30F3N3O5S2. The number of para-hydroxylation sites is 1. The van der Waals surface area contributed by atoms with E-state index < -0.39 is 35.4 Å². The summed E-state index contributed by atoms with van der Waals surface area (Å²) < 4.78 is 46.8. The number of piperidine rings is 1. The Bertz CT molecular complexity index is 1800. The molecule has 4 fully saturated rings. The van der Waals surface area contributed by atoms with Crippen molar-refractivity contribution in [1.82, 2.24) is 9.88 Å². The Hall–Kier alpha value is -3.58. The van der Waals surface area contributed by atoms with Crippen LogP contribution in [0.25, 0.3) is 0 Å². The summed E-state index contributed by atoms with van der Waals surface area (Å²) in [4.78, 5) is 59.9. The fourth-order valence-corrected chi connectivity index (χ4v) is 11.6. The molecule has 2 saturated carbocycles. The maximum atomic E-state index is 14.0. The van der Waals surface area contributed by atoms with Crippen molar-refractivity contribution in [2.75, 3.05) is 24.6 Å². The lowest BCUT2D eigenvalue weighted by atomic mass is 9.68. The topological polar surface area (TPSA) is 99.8 Å². The van der Waals surface area contributed by atoms with E-state index in [-0.39, 0.29) is 52.0 Å². The molecule has 1 aromatic heterocycles. The van der Waals surface area contributed by atoms with Gasteiger partial charge in [0.05, 0.1) is 28.1 Å². The average molecular weight is 670 g/mol. The number of alkyl halides is 3. The summed E-state index contributed by atoms with van der Waals surface area (Å²) in [5, 5.41) is 0.631. The van der Waals surface area contributed by atoms with Crippen LogP contribution in [0.5, 0.6) is 5.75 Å². The van der Waals surface area contributed by atoms with Crippen molar-refractivity contribution in [3.63, 3.8) is 0 Å². The number of carbonyl (C=O) groups excluding carboxylic acids is 3. The second-order valence-electron chi connectivity index (χ2n) is 12.8. The number of fused-ring (bicyclic) bond motifs is 9. The van der Waals surface area contributed by atoms with E-state index in [1.807, 2.05) is 29.2 Å². The number of likely N-dealkylation sites (tertiary alicyclic amines) is 1. The van der Waals surface area contributed by atoms with Crippen molar-refractivity contribution in [2.24, 2.45) is 29.6 Å². The van der Waals surface area contributed by atoms with Crippen molar-refractivity contribution in [3.05, 3.63) is 74.2 Å². The smallest absolute Gasteiger partial charge is 0.416 e. The molecule has 5 aliphatic rings. The molecule has 3 aliphatic heterocycles. The van der Waals surface area contributed by atoms with E-state index in [2.05, 4.69) is 4.98 Å². The van der Waals surface area contributed by atoms with E-state index in [4.69, 9.17) is 4.74 Å². The Morgan fingerprint density at radius 2 is 1.70 bits per heavy atom. The van der Waals surface area contributed by atoms with Crippen LogP contribution >= 0.6 is 23.1 Å². The average Bonchev–Trinajstić information content (AvgIpc) is 3.79. The zero-order chi connectivity index (χ0) is 31.9. The van der Waals surface area contributed by atoms with E-state index in [1.165, 1.54) is 23.9 Å². The van der Waals surface area contributed by atoms with Crippen molar-refractivity contribution in [1.29, 1.82) is 0 Å². The molecule has 2 saturated heterocycles. The number of hydrogen-bond acceptors (Lipinski definition) is 7. The minimum atomic E-state index is -4.61. The van der Waals surface area contributed by atoms with Gasteiger partial charge in [0.15, 0.2) is 6.61 Å². The molecule has 13 heteroatoms.